The molecule has 1 saturated carbocycles. The number of nitrogens with zero attached hydrogens (tertiary/aromatic N) is 4. The molecule has 0 spiro atoms. The number of piperazine rings is 1. The number of rotatable bonds is 5. The summed E-state index contributed by atoms with van der Waals surface area (Å²) in [6.45, 7) is 3.51. The zero-order valence-corrected chi connectivity index (χ0v) is 12.3. The molecule has 1 aliphatic heterocycles. The fourth-order valence-electron chi connectivity index (χ4n) is 2.60. The van der Waals surface area contributed by atoms with Crippen molar-refractivity contribution in [3.05, 3.63) is 5.89 Å². The zero-order valence-electron chi connectivity index (χ0n) is 12.3. The van der Waals surface area contributed by atoms with Crippen molar-refractivity contribution in [2.24, 2.45) is 5.73 Å². The Hall–Kier alpha value is -1.51. The third kappa shape index (κ3) is 3.58. The van der Waals surface area contributed by atoms with Gasteiger partial charge in [-0.1, -0.05) is 5.10 Å². The number of nitrogens with one attached hydrogen (secondary N) is 1. The highest BCUT2D eigenvalue weighted by molar-refractivity contribution is 5.90. The minimum Gasteiger partial charge on any atom is -0.408 e. The van der Waals surface area contributed by atoms with Crippen LogP contribution in [-0.4, -0.2) is 71.7 Å². The van der Waals surface area contributed by atoms with E-state index in [0.29, 0.717) is 24.9 Å². The van der Waals surface area contributed by atoms with Crippen molar-refractivity contribution in [3.8, 4) is 0 Å². The molecular weight excluding hydrogens is 272 g/mol. The van der Waals surface area contributed by atoms with E-state index in [1.165, 1.54) is 0 Å². The van der Waals surface area contributed by atoms with E-state index in [1.54, 1.807) is 0 Å². The topological polar surface area (TPSA) is 101 Å². The molecule has 8 nitrogen and oxygen atoms in total. The molecule has 1 aromatic heterocycles. The maximum Gasteiger partial charge on any atom is 0.322 e. The Labute approximate surface area is 123 Å². The van der Waals surface area contributed by atoms with Gasteiger partial charge in [0.15, 0.2) is 0 Å². The van der Waals surface area contributed by atoms with Gasteiger partial charge in [-0.3, -0.25) is 15.0 Å². The summed E-state index contributed by atoms with van der Waals surface area (Å²) >= 11 is 0. The Balaban J connectivity index is 1.52. The highest BCUT2D eigenvalue weighted by Crippen LogP contribution is 2.39. The number of carbonyl (C=O) groups excluding carboxylic acids is 1. The fraction of sp³-hybridized carbons (Fsp3) is 0.769. The average Bonchev–Trinajstić information content (AvgIpc) is 3.21. The Morgan fingerprint density at radius 1 is 1.43 bits per heavy atom. The summed E-state index contributed by atoms with van der Waals surface area (Å²) < 4.78 is 5.43. The van der Waals surface area contributed by atoms with E-state index in [9.17, 15) is 4.79 Å². The summed E-state index contributed by atoms with van der Waals surface area (Å²) in [6.07, 6.45) is 2.18. The quantitative estimate of drug-likeness (QED) is 0.752. The third-order valence-corrected chi connectivity index (χ3v) is 4.04. The van der Waals surface area contributed by atoms with E-state index in [1.807, 2.05) is 0 Å². The molecule has 3 N–H and O–H groups in total. The molecule has 21 heavy (non-hydrogen) atoms. The highest BCUT2D eigenvalue weighted by atomic mass is 16.4. The lowest BCUT2D eigenvalue weighted by Crippen LogP contribution is -2.56. The lowest BCUT2D eigenvalue weighted by molar-refractivity contribution is -0.118. The number of nitrogens with two attached hydrogens (primary N) is 1. The first-order valence-corrected chi connectivity index (χ1v) is 7.41. The van der Waals surface area contributed by atoms with Gasteiger partial charge in [-0.05, 0) is 19.9 Å². The van der Waals surface area contributed by atoms with E-state index in [4.69, 9.17) is 10.2 Å². The summed E-state index contributed by atoms with van der Waals surface area (Å²) in [7, 11) is 2.07. The molecule has 2 aliphatic rings. The van der Waals surface area contributed by atoms with E-state index in [2.05, 4.69) is 32.4 Å². The van der Waals surface area contributed by atoms with Gasteiger partial charge in [-0.2, -0.15) is 0 Å². The van der Waals surface area contributed by atoms with E-state index >= 15 is 0 Å². The van der Waals surface area contributed by atoms with Crippen LogP contribution >= 0.6 is 0 Å². The van der Waals surface area contributed by atoms with Crippen molar-refractivity contribution in [1.29, 1.82) is 0 Å². The van der Waals surface area contributed by atoms with Gasteiger partial charge in [0.2, 0.25) is 11.8 Å². The van der Waals surface area contributed by atoms with Crippen molar-refractivity contribution in [2.75, 3.05) is 45.1 Å². The number of hydrogen-bond donors (Lipinski definition) is 2. The van der Waals surface area contributed by atoms with Crippen molar-refractivity contribution < 1.29 is 9.21 Å². The maximum atomic E-state index is 12.1. The van der Waals surface area contributed by atoms with Gasteiger partial charge >= 0.3 is 6.01 Å². The zero-order chi connectivity index (χ0) is 14.8. The SMILES string of the molecule is CN1CCN(CC(=O)Nc2nnc(C3CC3)o2)C(CN)C1. The van der Waals surface area contributed by atoms with Crippen LogP contribution in [0.25, 0.3) is 0 Å². The molecule has 2 fully saturated rings. The van der Waals surface area contributed by atoms with Crippen molar-refractivity contribution in [2.45, 2.75) is 24.8 Å². The standard InChI is InChI=1S/C13H22N6O2/c1-18-4-5-19(10(6-14)7-18)8-11(20)15-13-17-16-12(21-13)9-2-3-9/h9-10H,2-8,14H2,1H3,(H,15,17,20). The largest absolute Gasteiger partial charge is 0.408 e. The molecule has 1 aromatic rings. The van der Waals surface area contributed by atoms with Gasteiger partial charge in [0.1, 0.15) is 0 Å². The summed E-state index contributed by atoms with van der Waals surface area (Å²) in [5, 5.41) is 10.5. The first-order chi connectivity index (χ1) is 10.2. The monoisotopic (exact) mass is 294 g/mol. The van der Waals surface area contributed by atoms with Gasteiger partial charge in [-0.25, -0.2) is 0 Å². The normalized spacial score (nSPS) is 24.2. The molecule has 116 valence electrons. The van der Waals surface area contributed by atoms with Crippen LogP contribution in [-0.2, 0) is 4.79 Å². The predicted molar refractivity (Wildman–Crippen MR) is 76.8 cm³/mol. The molecule has 3 rings (SSSR count). The summed E-state index contributed by atoms with van der Waals surface area (Å²) in [5.41, 5.74) is 5.79. The van der Waals surface area contributed by atoms with Crippen LogP contribution in [0, 0.1) is 0 Å². The van der Waals surface area contributed by atoms with Gasteiger partial charge < -0.3 is 15.1 Å². The van der Waals surface area contributed by atoms with Crippen LogP contribution in [0.5, 0.6) is 0 Å². The number of carbonyl (C=O) groups is 1. The number of aromatic nitrogens is 2. The fourth-order valence-corrected chi connectivity index (χ4v) is 2.60. The van der Waals surface area contributed by atoms with Crippen LogP contribution in [0.15, 0.2) is 4.42 Å². The summed E-state index contributed by atoms with van der Waals surface area (Å²) in [4.78, 5) is 16.4. The Morgan fingerprint density at radius 2 is 2.24 bits per heavy atom. The van der Waals surface area contributed by atoms with Crippen molar-refractivity contribution >= 4 is 11.9 Å². The smallest absolute Gasteiger partial charge is 0.322 e. The van der Waals surface area contributed by atoms with E-state index in [-0.39, 0.29) is 18.0 Å². The first-order valence-electron chi connectivity index (χ1n) is 7.41. The number of likely N-dealkylation sites (N-methyl/N-ethyl adjacent to an activating group) is 1. The van der Waals surface area contributed by atoms with E-state index in [0.717, 1.165) is 32.5 Å². The first kappa shape index (κ1) is 14.4. The lowest BCUT2D eigenvalue weighted by atomic mass is 10.1. The predicted octanol–water partition coefficient (Wildman–Crippen LogP) is -0.540. The maximum absolute atomic E-state index is 12.1. The Kier molecular flexibility index (Phi) is 4.18. The molecule has 1 saturated heterocycles. The van der Waals surface area contributed by atoms with E-state index < -0.39 is 0 Å². The van der Waals surface area contributed by atoms with Gasteiger partial charge in [-0.15, -0.1) is 5.10 Å². The van der Waals surface area contributed by atoms with Gasteiger partial charge in [0.05, 0.1) is 6.54 Å². The van der Waals surface area contributed by atoms with Gasteiger partial charge in [0.25, 0.3) is 0 Å². The number of anilines is 1. The van der Waals surface area contributed by atoms with Crippen molar-refractivity contribution in [1.82, 2.24) is 20.0 Å². The second kappa shape index (κ2) is 6.08. The average molecular weight is 294 g/mol. The molecule has 0 bridgehead atoms. The molecule has 0 radical (unpaired) electrons. The Morgan fingerprint density at radius 3 is 2.95 bits per heavy atom. The molecular formula is C13H22N6O2. The van der Waals surface area contributed by atoms with Crippen LogP contribution in [0.3, 0.4) is 0 Å². The van der Waals surface area contributed by atoms with Crippen LogP contribution < -0.4 is 11.1 Å². The Bertz CT molecular complexity index is 501. The third-order valence-electron chi connectivity index (χ3n) is 4.04. The summed E-state index contributed by atoms with van der Waals surface area (Å²) in [6, 6.07) is 0.402. The minimum absolute atomic E-state index is 0.135. The van der Waals surface area contributed by atoms with Crippen LogP contribution in [0.2, 0.25) is 0 Å². The molecule has 8 heteroatoms. The molecule has 1 amide bonds. The number of hydrogen-bond acceptors (Lipinski definition) is 7. The molecule has 1 unspecified atom stereocenters. The summed E-state index contributed by atoms with van der Waals surface area (Å²) in [5.74, 6) is 0.885. The number of amides is 1. The lowest BCUT2D eigenvalue weighted by Gasteiger charge is -2.38. The second-order valence-electron chi connectivity index (χ2n) is 5.89. The van der Waals surface area contributed by atoms with Crippen LogP contribution in [0.4, 0.5) is 6.01 Å². The molecule has 0 aromatic carbocycles. The second-order valence-corrected chi connectivity index (χ2v) is 5.89. The molecule has 1 atom stereocenters. The molecule has 1 aliphatic carbocycles. The van der Waals surface area contributed by atoms with Gasteiger partial charge in [0, 0.05) is 38.1 Å². The van der Waals surface area contributed by atoms with Crippen LogP contribution in [0.1, 0.15) is 24.7 Å². The molecule has 2 heterocycles. The highest BCUT2D eigenvalue weighted by Gasteiger charge is 2.30. The van der Waals surface area contributed by atoms with Crippen molar-refractivity contribution in [3.63, 3.8) is 0 Å². The minimum atomic E-state index is -0.135.